The number of carbonyl (C=O) groups excluding carboxylic acids is 1. The number of nitrogens with one attached hydrogen (secondary N) is 1. The van der Waals surface area contributed by atoms with Crippen LogP contribution in [0.4, 0.5) is 10.1 Å². The van der Waals surface area contributed by atoms with Crippen molar-refractivity contribution >= 4 is 11.6 Å². The predicted octanol–water partition coefficient (Wildman–Crippen LogP) is 3.44. The summed E-state index contributed by atoms with van der Waals surface area (Å²) in [5, 5.41) is 11.7. The molecule has 1 fully saturated rings. The Bertz CT molecular complexity index is 721. The van der Waals surface area contributed by atoms with Crippen LogP contribution in [0, 0.1) is 23.1 Å². The van der Waals surface area contributed by atoms with Crippen molar-refractivity contribution in [3.63, 3.8) is 0 Å². The largest absolute Gasteiger partial charge is 0.325 e. The quantitative estimate of drug-likeness (QED) is 0.936. The smallest absolute Gasteiger partial charge is 0.228 e. The molecule has 0 aliphatic heterocycles. The van der Waals surface area contributed by atoms with E-state index in [0.29, 0.717) is 5.69 Å². The van der Waals surface area contributed by atoms with Crippen molar-refractivity contribution in [3.8, 4) is 6.07 Å². The molecule has 2 aromatic rings. The van der Waals surface area contributed by atoms with Gasteiger partial charge >= 0.3 is 0 Å². The number of amides is 1. The lowest BCUT2D eigenvalue weighted by atomic mass is 10.1. The molecule has 0 aromatic heterocycles. The number of rotatable bonds is 3. The van der Waals surface area contributed by atoms with Crippen LogP contribution in [0.25, 0.3) is 0 Å². The van der Waals surface area contributed by atoms with Crippen LogP contribution >= 0.6 is 0 Å². The van der Waals surface area contributed by atoms with E-state index in [1.54, 1.807) is 0 Å². The van der Waals surface area contributed by atoms with Crippen molar-refractivity contribution in [2.24, 2.45) is 5.92 Å². The minimum Gasteiger partial charge on any atom is -0.325 e. The fourth-order valence-electron chi connectivity index (χ4n) is 2.50. The summed E-state index contributed by atoms with van der Waals surface area (Å²) in [6, 6.07) is 15.5. The van der Waals surface area contributed by atoms with Crippen LogP contribution in [-0.2, 0) is 4.79 Å². The molecule has 0 saturated heterocycles. The van der Waals surface area contributed by atoms with Crippen LogP contribution in [0.2, 0.25) is 0 Å². The van der Waals surface area contributed by atoms with Gasteiger partial charge in [0.15, 0.2) is 0 Å². The molecule has 1 aliphatic carbocycles. The average molecular weight is 280 g/mol. The summed E-state index contributed by atoms with van der Waals surface area (Å²) in [4.78, 5) is 12.2. The molecule has 104 valence electrons. The normalized spacial score (nSPS) is 19.6. The van der Waals surface area contributed by atoms with Gasteiger partial charge in [0.1, 0.15) is 11.9 Å². The van der Waals surface area contributed by atoms with Gasteiger partial charge in [0.05, 0.1) is 11.3 Å². The third-order valence-corrected chi connectivity index (χ3v) is 3.71. The molecule has 1 amide bonds. The maximum absolute atomic E-state index is 13.1. The third kappa shape index (κ3) is 2.77. The van der Waals surface area contributed by atoms with Gasteiger partial charge in [-0.15, -0.1) is 0 Å². The van der Waals surface area contributed by atoms with Gasteiger partial charge in [-0.1, -0.05) is 30.3 Å². The highest BCUT2D eigenvalue weighted by Gasteiger charge is 2.43. The minimum atomic E-state index is -0.488. The molecule has 2 aromatic carbocycles. The number of hydrogen-bond acceptors (Lipinski definition) is 2. The van der Waals surface area contributed by atoms with E-state index in [2.05, 4.69) is 5.32 Å². The number of benzene rings is 2. The lowest BCUT2D eigenvalue weighted by molar-refractivity contribution is -0.117. The highest BCUT2D eigenvalue weighted by atomic mass is 19.1. The number of anilines is 1. The van der Waals surface area contributed by atoms with Crippen molar-refractivity contribution in [1.82, 2.24) is 0 Å². The molecule has 21 heavy (non-hydrogen) atoms. The van der Waals surface area contributed by atoms with Gasteiger partial charge in [-0.05, 0) is 36.1 Å². The van der Waals surface area contributed by atoms with E-state index in [9.17, 15) is 9.18 Å². The average Bonchev–Trinajstić information content (AvgIpc) is 3.30. The van der Waals surface area contributed by atoms with Crippen LogP contribution in [0.15, 0.2) is 48.5 Å². The molecule has 0 radical (unpaired) electrons. The lowest BCUT2D eigenvalue weighted by Crippen LogP contribution is -2.15. The van der Waals surface area contributed by atoms with E-state index in [1.165, 1.54) is 12.1 Å². The molecular weight excluding hydrogens is 267 g/mol. The van der Waals surface area contributed by atoms with Crippen molar-refractivity contribution in [3.05, 3.63) is 65.5 Å². The van der Waals surface area contributed by atoms with Crippen LogP contribution in [0.3, 0.4) is 0 Å². The Morgan fingerprint density at radius 3 is 2.71 bits per heavy atom. The monoisotopic (exact) mass is 280 g/mol. The van der Waals surface area contributed by atoms with E-state index in [-0.39, 0.29) is 23.3 Å². The number of hydrogen-bond donors (Lipinski definition) is 1. The van der Waals surface area contributed by atoms with Gasteiger partial charge in [-0.25, -0.2) is 4.39 Å². The maximum Gasteiger partial charge on any atom is 0.228 e. The first-order valence-electron chi connectivity index (χ1n) is 6.74. The molecule has 0 spiro atoms. The number of nitrogens with zero attached hydrogens (tertiary/aromatic N) is 1. The Balaban J connectivity index is 1.70. The highest BCUT2D eigenvalue weighted by molar-refractivity contribution is 5.96. The summed E-state index contributed by atoms with van der Waals surface area (Å²) in [7, 11) is 0. The molecule has 1 saturated carbocycles. The molecule has 1 N–H and O–H groups in total. The van der Waals surface area contributed by atoms with E-state index < -0.39 is 5.82 Å². The summed E-state index contributed by atoms with van der Waals surface area (Å²) >= 11 is 0. The van der Waals surface area contributed by atoms with Crippen molar-refractivity contribution in [1.29, 1.82) is 5.26 Å². The maximum atomic E-state index is 13.1. The topological polar surface area (TPSA) is 52.9 Å². The van der Waals surface area contributed by atoms with Gasteiger partial charge in [0.2, 0.25) is 5.91 Å². The van der Waals surface area contributed by atoms with Gasteiger partial charge in [0.25, 0.3) is 0 Å². The first-order valence-corrected chi connectivity index (χ1v) is 6.74. The molecule has 4 heteroatoms. The molecule has 3 rings (SSSR count). The molecule has 2 atom stereocenters. The molecule has 2 unspecified atom stereocenters. The van der Waals surface area contributed by atoms with Crippen LogP contribution in [0.5, 0.6) is 0 Å². The van der Waals surface area contributed by atoms with E-state index in [4.69, 9.17) is 5.26 Å². The Labute approximate surface area is 122 Å². The summed E-state index contributed by atoms with van der Waals surface area (Å²) in [6.45, 7) is 0. The summed E-state index contributed by atoms with van der Waals surface area (Å²) < 4.78 is 13.1. The summed E-state index contributed by atoms with van der Waals surface area (Å²) in [5.41, 5.74) is 1.65. The SMILES string of the molecule is N#Cc1cc(F)ccc1NC(=O)C1CC1c1ccccc1. The predicted molar refractivity (Wildman–Crippen MR) is 77.0 cm³/mol. The van der Waals surface area contributed by atoms with E-state index >= 15 is 0 Å². The van der Waals surface area contributed by atoms with Crippen molar-refractivity contribution in [2.75, 3.05) is 5.32 Å². The zero-order valence-electron chi connectivity index (χ0n) is 11.2. The number of halogens is 1. The molecule has 0 bridgehead atoms. The third-order valence-electron chi connectivity index (χ3n) is 3.71. The Morgan fingerprint density at radius 1 is 1.24 bits per heavy atom. The second-order valence-corrected chi connectivity index (χ2v) is 5.15. The Morgan fingerprint density at radius 2 is 2.00 bits per heavy atom. The van der Waals surface area contributed by atoms with Gasteiger partial charge < -0.3 is 5.32 Å². The van der Waals surface area contributed by atoms with Gasteiger partial charge in [-0.3, -0.25) is 4.79 Å². The first-order chi connectivity index (χ1) is 10.2. The van der Waals surface area contributed by atoms with Gasteiger partial charge in [0, 0.05) is 5.92 Å². The summed E-state index contributed by atoms with van der Waals surface area (Å²) in [6.07, 6.45) is 0.804. The zero-order chi connectivity index (χ0) is 14.8. The lowest BCUT2D eigenvalue weighted by Gasteiger charge is -2.07. The van der Waals surface area contributed by atoms with E-state index in [0.717, 1.165) is 18.1 Å². The standard InChI is InChI=1S/C17H13FN2O/c18-13-6-7-16(12(8-13)10-19)20-17(21)15-9-14(15)11-4-2-1-3-5-11/h1-8,14-15H,9H2,(H,20,21). The number of nitriles is 1. The van der Waals surface area contributed by atoms with Crippen LogP contribution < -0.4 is 5.32 Å². The van der Waals surface area contributed by atoms with Gasteiger partial charge in [-0.2, -0.15) is 5.26 Å². The molecule has 0 heterocycles. The molecular formula is C17H13FN2O. The highest BCUT2D eigenvalue weighted by Crippen LogP contribution is 2.47. The van der Waals surface area contributed by atoms with E-state index in [1.807, 2.05) is 36.4 Å². The first kappa shape index (κ1) is 13.3. The Hall–Kier alpha value is -2.67. The fourth-order valence-corrected chi connectivity index (χ4v) is 2.50. The van der Waals surface area contributed by atoms with Crippen LogP contribution in [-0.4, -0.2) is 5.91 Å². The number of carbonyl (C=O) groups is 1. The summed E-state index contributed by atoms with van der Waals surface area (Å²) in [5.74, 6) is -0.453. The Kier molecular flexibility index (Phi) is 3.41. The second kappa shape index (κ2) is 5.37. The second-order valence-electron chi connectivity index (χ2n) is 5.15. The van der Waals surface area contributed by atoms with Crippen molar-refractivity contribution in [2.45, 2.75) is 12.3 Å². The minimum absolute atomic E-state index is 0.0796. The van der Waals surface area contributed by atoms with Crippen LogP contribution in [0.1, 0.15) is 23.5 Å². The fraction of sp³-hybridized carbons (Fsp3) is 0.176. The molecule has 1 aliphatic rings. The molecule has 3 nitrogen and oxygen atoms in total. The zero-order valence-corrected chi connectivity index (χ0v) is 11.2. The van der Waals surface area contributed by atoms with Crippen molar-refractivity contribution < 1.29 is 9.18 Å².